The minimum absolute atomic E-state index is 0.194. The number of aliphatic hydroxyl groups excluding tert-OH is 1. The van der Waals surface area contributed by atoms with E-state index in [0.29, 0.717) is 51.3 Å². The van der Waals surface area contributed by atoms with Gasteiger partial charge in [0, 0.05) is 73.1 Å². The van der Waals surface area contributed by atoms with Gasteiger partial charge in [-0.3, -0.25) is 4.68 Å². The summed E-state index contributed by atoms with van der Waals surface area (Å²) in [5, 5.41) is 17.6. The number of hydrogen-bond donors (Lipinski definition) is 2. The van der Waals surface area contributed by atoms with Gasteiger partial charge in [-0.1, -0.05) is 67.4 Å². The van der Waals surface area contributed by atoms with Crippen molar-refractivity contribution in [1.29, 1.82) is 0 Å². The first kappa shape index (κ1) is 44.1. The summed E-state index contributed by atoms with van der Waals surface area (Å²) in [5.41, 5.74) is 6.57. The summed E-state index contributed by atoms with van der Waals surface area (Å²) in [6.45, 7) is 11.3. The molecule has 0 unspecified atom stereocenters. The first-order valence-corrected chi connectivity index (χ1v) is 22.1. The summed E-state index contributed by atoms with van der Waals surface area (Å²) in [6, 6.07) is 28.6. The lowest BCUT2D eigenvalue weighted by atomic mass is 9.96. The van der Waals surface area contributed by atoms with E-state index in [1.807, 2.05) is 81.9 Å². The average Bonchev–Trinajstić information content (AvgIpc) is 3.80. The van der Waals surface area contributed by atoms with Gasteiger partial charge in [0.15, 0.2) is 0 Å². The predicted molar refractivity (Wildman–Crippen MR) is 244 cm³/mol. The molecule has 0 saturated carbocycles. The number of amides is 1. The van der Waals surface area contributed by atoms with Gasteiger partial charge in [-0.05, 0) is 101 Å². The molecule has 1 aliphatic heterocycles. The fraction of sp³-hybridized carbons (Fsp3) is 0.420. The molecule has 2 N–H and O–H groups in total. The van der Waals surface area contributed by atoms with Gasteiger partial charge in [0.25, 0.3) is 0 Å². The Hall–Kier alpha value is -6.01. The van der Waals surface area contributed by atoms with Crippen LogP contribution in [0.15, 0.2) is 84.9 Å². The standard InChI is InChI=1S/C50H61N5O7/c1-6-59-48(57)47-40(21-15-33-60-44-23-13-17-35-16-10-11-18-38(35)44)39-19-14-20-41(46(39)51-47)45-42(52-53(5)43(45)22-9-7-8-12-32-56)34-61-37-26-24-36(25-27-37)54-28-30-55(31-29-54)49(58)62-50(2,3)4/h10-11,13-14,16-20,23-27,51,56H,6-9,12,15,21-22,28-34H2,1-5H3. The van der Waals surface area contributed by atoms with Gasteiger partial charge in [-0.15, -0.1) is 0 Å². The Morgan fingerprint density at radius 2 is 1.53 bits per heavy atom. The highest BCUT2D eigenvalue weighted by molar-refractivity contribution is 6.04. The number of rotatable bonds is 18. The Bertz CT molecular complexity index is 2440. The largest absolute Gasteiger partial charge is 0.493 e. The topological polar surface area (TPSA) is 131 Å². The van der Waals surface area contributed by atoms with E-state index < -0.39 is 5.60 Å². The molecule has 1 aliphatic rings. The number of anilines is 1. The van der Waals surface area contributed by atoms with E-state index in [2.05, 4.69) is 52.3 Å². The number of ether oxygens (including phenoxy) is 4. The van der Waals surface area contributed by atoms with Crippen molar-refractivity contribution in [1.82, 2.24) is 19.7 Å². The van der Waals surface area contributed by atoms with Crippen LogP contribution in [0.5, 0.6) is 11.5 Å². The second-order valence-corrected chi connectivity index (χ2v) is 16.9. The highest BCUT2D eigenvalue weighted by atomic mass is 16.6. The van der Waals surface area contributed by atoms with Crippen molar-refractivity contribution in [3.05, 3.63) is 108 Å². The van der Waals surface area contributed by atoms with Gasteiger partial charge in [-0.25, -0.2) is 9.59 Å². The smallest absolute Gasteiger partial charge is 0.410 e. The van der Waals surface area contributed by atoms with Crippen molar-refractivity contribution in [2.45, 2.75) is 84.8 Å². The van der Waals surface area contributed by atoms with E-state index in [-0.39, 0.29) is 31.9 Å². The molecule has 7 rings (SSSR count). The molecule has 328 valence electrons. The number of carbonyl (C=O) groups excluding carboxylic acids is 2. The summed E-state index contributed by atoms with van der Waals surface area (Å²) < 4.78 is 25.9. The maximum atomic E-state index is 13.6. The maximum absolute atomic E-state index is 13.6. The highest BCUT2D eigenvalue weighted by Crippen LogP contribution is 2.38. The number of hydrogen-bond acceptors (Lipinski definition) is 9. The molecule has 1 saturated heterocycles. The summed E-state index contributed by atoms with van der Waals surface area (Å²) in [4.78, 5) is 33.7. The molecule has 3 heterocycles. The molecule has 2 aromatic heterocycles. The van der Waals surface area contributed by atoms with Crippen LogP contribution >= 0.6 is 0 Å². The molecular formula is C50H61N5O7. The second kappa shape index (κ2) is 20.2. The van der Waals surface area contributed by atoms with Crippen molar-refractivity contribution < 1.29 is 33.6 Å². The average molecular weight is 844 g/mol. The van der Waals surface area contributed by atoms with Crippen LogP contribution in [0.25, 0.3) is 32.8 Å². The van der Waals surface area contributed by atoms with Gasteiger partial charge in [0.05, 0.1) is 18.7 Å². The van der Waals surface area contributed by atoms with Crippen LogP contribution in [-0.4, -0.2) is 88.4 Å². The normalized spacial score (nSPS) is 13.2. The number of benzene rings is 4. The molecule has 4 aromatic carbocycles. The van der Waals surface area contributed by atoms with Gasteiger partial charge < -0.3 is 38.8 Å². The monoisotopic (exact) mass is 843 g/mol. The molecule has 0 atom stereocenters. The fourth-order valence-corrected chi connectivity index (χ4v) is 8.33. The van der Waals surface area contributed by atoms with E-state index in [1.165, 1.54) is 0 Å². The van der Waals surface area contributed by atoms with Crippen LogP contribution in [0.1, 0.15) is 87.2 Å². The quantitative estimate of drug-likeness (QED) is 0.0642. The first-order chi connectivity index (χ1) is 30.0. The second-order valence-electron chi connectivity index (χ2n) is 16.9. The van der Waals surface area contributed by atoms with Crippen molar-refractivity contribution >= 4 is 39.4 Å². The van der Waals surface area contributed by atoms with E-state index in [9.17, 15) is 14.7 Å². The van der Waals surface area contributed by atoms with Crippen molar-refractivity contribution in [3.63, 3.8) is 0 Å². The number of para-hydroxylation sites is 1. The lowest BCUT2D eigenvalue weighted by molar-refractivity contribution is 0.0240. The number of aliphatic hydroxyl groups is 1. The zero-order chi connectivity index (χ0) is 43.6. The minimum Gasteiger partial charge on any atom is -0.493 e. The number of aromatic amines is 1. The first-order valence-electron chi connectivity index (χ1n) is 22.1. The van der Waals surface area contributed by atoms with Crippen LogP contribution in [0.3, 0.4) is 0 Å². The van der Waals surface area contributed by atoms with Crippen LogP contribution in [0.4, 0.5) is 10.5 Å². The molecule has 12 heteroatoms. The van der Waals surface area contributed by atoms with Gasteiger partial charge >= 0.3 is 12.1 Å². The van der Waals surface area contributed by atoms with Crippen LogP contribution in [0, 0.1) is 0 Å². The summed E-state index contributed by atoms with van der Waals surface area (Å²) in [5.74, 6) is 1.18. The molecule has 1 amide bonds. The van der Waals surface area contributed by atoms with E-state index in [4.69, 9.17) is 24.0 Å². The predicted octanol–water partition coefficient (Wildman–Crippen LogP) is 9.64. The number of H-pyrrole nitrogens is 1. The number of nitrogens with zero attached hydrogens (tertiary/aromatic N) is 4. The molecule has 6 aromatic rings. The van der Waals surface area contributed by atoms with Crippen molar-refractivity contribution in [2.75, 3.05) is 50.9 Å². The Morgan fingerprint density at radius 3 is 2.29 bits per heavy atom. The Labute approximate surface area is 364 Å². The van der Waals surface area contributed by atoms with Gasteiger partial charge in [-0.2, -0.15) is 5.10 Å². The van der Waals surface area contributed by atoms with Crippen LogP contribution in [-0.2, 0) is 36.0 Å². The van der Waals surface area contributed by atoms with Crippen molar-refractivity contribution in [2.24, 2.45) is 7.05 Å². The van der Waals surface area contributed by atoms with Gasteiger partial charge in [0.1, 0.15) is 35.1 Å². The summed E-state index contributed by atoms with van der Waals surface area (Å²) >= 11 is 0. The molecule has 0 radical (unpaired) electrons. The van der Waals surface area contributed by atoms with Crippen molar-refractivity contribution in [3.8, 4) is 22.6 Å². The molecule has 62 heavy (non-hydrogen) atoms. The molecular weight excluding hydrogens is 783 g/mol. The zero-order valence-corrected chi connectivity index (χ0v) is 36.9. The third-order valence-corrected chi connectivity index (χ3v) is 11.3. The van der Waals surface area contributed by atoms with Crippen LogP contribution in [0.2, 0.25) is 0 Å². The molecule has 0 bridgehead atoms. The highest BCUT2D eigenvalue weighted by Gasteiger charge is 2.27. The Balaban J connectivity index is 1.12. The number of fused-ring (bicyclic) bond motifs is 2. The maximum Gasteiger partial charge on any atom is 0.410 e. The zero-order valence-electron chi connectivity index (χ0n) is 36.9. The number of piperazine rings is 1. The summed E-state index contributed by atoms with van der Waals surface area (Å²) in [6.07, 6.45) is 5.49. The molecule has 0 aliphatic carbocycles. The Morgan fingerprint density at radius 1 is 0.806 bits per heavy atom. The van der Waals surface area contributed by atoms with E-state index in [1.54, 1.807) is 4.90 Å². The van der Waals surface area contributed by atoms with E-state index >= 15 is 0 Å². The molecule has 12 nitrogen and oxygen atoms in total. The van der Waals surface area contributed by atoms with Gasteiger partial charge in [0.2, 0.25) is 0 Å². The number of nitrogens with one attached hydrogen (secondary N) is 1. The number of aryl methyl sites for hydroxylation is 2. The van der Waals surface area contributed by atoms with Crippen LogP contribution < -0.4 is 14.4 Å². The third kappa shape index (κ3) is 10.5. The van der Waals surface area contributed by atoms with E-state index in [0.717, 1.165) is 99.0 Å². The molecule has 0 spiro atoms. The minimum atomic E-state index is -0.523. The Kier molecular flexibility index (Phi) is 14.4. The summed E-state index contributed by atoms with van der Waals surface area (Å²) in [7, 11) is 1.98. The number of unbranched alkanes of at least 4 members (excludes halogenated alkanes) is 3. The molecule has 1 fully saturated rings. The SMILES string of the molecule is CCOC(=O)c1[nH]c2c(-c3c(COc4ccc(N5CCN(C(=O)OC(C)(C)C)CC5)cc4)nn(C)c3CCCCCCO)cccc2c1CCCOc1cccc2ccccc12. The fourth-order valence-electron chi connectivity index (χ4n) is 8.33. The number of aromatic nitrogens is 3. The lowest BCUT2D eigenvalue weighted by Crippen LogP contribution is -2.50. The lowest BCUT2D eigenvalue weighted by Gasteiger charge is -2.36. The number of esters is 1. The number of carbonyl (C=O) groups is 2. The third-order valence-electron chi connectivity index (χ3n) is 11.3.